The summed E-state index contributed by atoms with van der Waals surface area (Å²) in [5.74, 6) is -0.132. The number of nitrogens with one attached hydrogen (secondary N) is 2. The van der Waals surface area contributed by atoms with Gasteiger partial charge in [-0.3, -0.25) is 4.79 Å². The van der Waals surface area contributed by atoms with Gasteiger partial charge in [0.25, 0.3) is 0 Å². The fourth-order valence-corrected chi connectivity index (χ4v) is 5.28. The van der Waals surface area contributed by atoms with Gasteiger partial charge < -0.3 is 25.2 Å². The van der Waals surface area contributed by atoms with Crippen LogP contribution in [-0.4, -0.2) is 64.6 Å². The molecule has 1 unspecified atom stereocenters. The number of aromatic nitrogens is 2. The lowest BCUT2D eigenvalue weighted by Gasteiger charge is -2.38. The molecule has 2 aromatic heterocycles. The summed E-state index contributed by atoms with van der Waals surface area (Å²) in [6.45, 7) is 7.45. The summed E-state index contributed by atoms with van der Waals surface area (Å²) < 4.78 is 0. The Bertz CT molecular complexity index is 1400. The Labute approximate surface area is 252 Å². The van der Waals surface area contributed by atoms with Gasteiger partial charge in [0, 0.05) is 67.1 Å². The first-order valence-corrected chi connectivity index (χ1v) is 13.5. The zero-order valence-electron chi connectivity index (χ0n) is 22.6. The summed E-state index contributed by atoms with van der Waals surface area (Å²) in [7, 11) is 0. The number of halogens is 3. The molecule has 1 amide bonds. The van der Waals surface area contributed by atoms with Crippen molar-refractivity contribution in [2.45, 2.75) is 32.4 Å². The summed E-state index contributed by atoms with van der Waals surface area (Å²) >= 11 is 6.12. The van der Waals surface area contributed by atoms with Gasteiger partial charge in [0.1, 0.15) is 5.65 Å². The minimum Gasteiger partial charge on any atom is -0.392 e. The van der Waals surface area contributed by atoms with Gasteiger partial charge >= 0.3 is 0 Å². The predicted molar refractivity (Wildman–Crippen MR) is 168 cm³/mol. The van der Waals surface area contributed by atoms with Crippen molar-refractivity contribution >= 4 is 59.0 Å². The number of aromatic amines is 1. The Kier molecular flexibility index (Phi) is 11.3. The van der Waals surface area contributed by atoms with E-state index in [9.17, 15) is 9.90 Å². The fourth-order valence-electron chi connectivity index (χ4n) is 5.15. The maximum atomic E-state index is 13.8. The molecule has 1 aliphatic rings. The van der Waals surface area contributed by atoms with E-state index in [2.05, 4.69) is 46.2 Å². The predicted octanol–water partition coefficient (Wildman–Crippen LogP) is 5.65. The van der Waals surface area contributed by atoms with Crippen LogP contribution in [0.3, 0.4) is 0 Å². The number of carbonyl (C=O) groups is 1. The second-order valence-electron chi connectivity index (χ2n) is 10.1. The van der Waals surface area contributed by atoms with Crippen molar-refractivity contribution in [3.63, 3.8) is 0 Å². The van der Waals surface area contributed by atoms with Gasteiger partial charge in [-0.1, -0.05) is 55.8 Å². The molecule has 0 aliphatic carbocycles. The molecule has 1 atom stereocenters. The Balaban J connectivity index is 0.00000220. The molecule has 0 saturated carbocycles. The van der Waals surface area contributed by atoms with Crippen LogP contribution in [-0.2, 0) is 11.4 Å². The van der Waals surface area contributed by atoms with Crippen molar-refractivity contribution in [3.8, 4) is 11.1 Å². The van der Waals surface area contributed by atoms with Crippen molar-refractivity contribution in [1.82, 2.24) is 20.2 Å². The van der Waals surface area contributed by atoms with Gasteiger partial charge in [0.05, 0.1) is 18.2 Å². The molecule has 0 radical (unpaired) electrons. The molecule has 1 fully saturated rings. The number of H-pyrrole nitrogens is 1. The normalized spacial score (nSPS) is 14.1. The highest BCUT2D eigenvalue weighted by Gasteiger charge is 2.30. The first-order chi connectivity index (χ1) is 18.4. The molecule has 3 N–H and O–H groups in total. The molecule has 5 rings (SSSR count). The van der Waals surface area contributed by atoms with Crippen LogP contribution < -0.4 is 10.2 Å². The van der Waals surface area contributed by atoms with Gasteiger partial charge in [-0.15, -0.1) is 24.8 Å². The van der Waals surface area contributed by atoms with Crippen molar-refractivity contribution in [1.29, 1.82) is 0 Å². The zero-order chi connectivity index (χ0) is 26.6. The first kappa shape index (κ1) is 31.7. The standard InChI is InChI=1S/C30H34ClN5O2.2ClH/c1-20(2)33-18-27(22-6-8-24(31)9-7-22)30(38)36-14-12-35(13-15-36)28-25-10-11-32-29(25)34-17-26(28)23-5-3-4-21(16-23)19-37;;/h3-11,16-17,20,27,33,37H,12-15,18-19H2,1-2H3,(H,32,34);2*1H. The van der Waals surface area contributed by atoms with E-state index in [1.54, 1.807) is 0 Å². The molecule has 0 spiro atoms. The number of piperazine rings is 1. The number of aliphatic hydroxyl groups is 1. The summed E-state index contributed by atoms with van der Waals surface area (Å²) in [5.41, 5.74) is 5.82. The molecule has 4 aromatic rings. The quantitative estimate of drug-likeness (QED) is 0.242. The summed E-state index contributed by atoms with van der Waals surface area (Å²) in [4.78, 5) is 26.0. The zero-order valence-corrected chi connectivity index (χ0v) is 25.0. The number of benzene rings is 2. The third-order valence-electron chi connectivity index (χ3n) is 7.19. The SMILES string of the molecule is CC(C)NCC(C(=O)N1CCN(c2c(-c3cccc(CO)c3)cnc3[nH]ccc23)CC1)c1ccc(Cl)cc1.Cl.Cl. The number of fused-ring (bicyclic) bond motifs is 1. The van der Waals surface area contributed by atoms with E-state index < -0.39 is 0 Å². The fraction of sp³-hybridized carbons (Fsp3) is 0.333. The highest BCUT2D eigenvalue weighted by Crippen LogP contribution is 2.37. The van der Waals surface area contributed by atoms with Gasteiger partial charge in [-0.05, 0) is 41.0 Å². The van der Waals surface area contributed by atoms with Crippen molar-refractivity contribution in [3.05, 3.63) is 83.1 Å². The molecule has 214 valence electrons. The third kappa shape index (κ3) is 6.90. The van der Waals surface area contributed by atoms with Crippen LogP contribution in [0.5, 0.6) is 0 Å². The topological polar surface area (TPSA) is 84.5 Å². The van der Waals surface area contributed by atoms with E-state index in [1.165, 1.54) is 0 Å². The van der Waals surface area contributed by atoms with Crippen molar-refractivity contribution in [2.24, 2.45) is 0 Å². The van der Waals surface area contributed by atoms with Crippen LogP contribution >= 0.6 is 36.4 Å². The number of nitrogens with zero attached hydrogens (tertiary/aromatic N) is 3. The van der Waals surface area contributed by atoms with Crippen molar-refractivity contribution < 1.29 is 9.90 Å². The maximum Gasteiger partial charge on any atom is 0.231 e. The number of amides is 1. The summed E-state index contributed by atoms with van der Waals surface area (Å²) in [6.07, 6.45) is 3.81. The average molecular weight is 605 g/mol. The van der Waals surface area contributed by atoms with Crippen LogP contribution in [0.25, 0.3) is 22.2 Å². The van der Waals surface area contributed by atoms with E-state index in [-0.39, 0.29) is 49.3 Å². The monoisotopic (exact) mass is 603 g/mol. The third-order valence-corrected chi connectivity index (χ3v) is 7.44. The number of pyridine rings is 1. The Morgan fingerprint density at radius 1 is 1.07 bits per heavy atom. The Morgan fingerprint density at radius 3 is 2.48 bits per heavy atom. The minimum atomic E-state index is -0.268. The second kappa shape index (κ2) is 14.2. The smallest absolute Gasteiger partial charge is 0.231 e. The van der Waals surface area contributed by atoms with E-state index in [0.29, 0.717) is 37.7 Å². The van der Waals surface area contributed by atoms with Gasteiger partial charge in [0.2, 0.25) is 5.91 Å². The van der Waals surface area contributed by atoms with Crippen LogP contribution in [0.1, 0.15) is 30.9 Å². The van der Waals surface area contributed by atoms with Gasteiger partial charge in [0.15, 0.2) is 0 Å². The van der Waals surface area contributed by atoms with Gasteiger partial charge in [-0.2, -0.15) is 0 Å². The minimum absolute atomic E-state index is 0. The van der Waals surface area contributed by atoms with Gasteiger partial charge in [-0.25, -0.2) is 4.98 Å². The van der Waals surface area contributed by atoms with Crippen LogP contribution in [0.15, 0.2) is 67.0 Å². The number of hydrogen-bond acceptors (Lipinski definition) is 5. The molecule has 0 bridgehead atoms. The van der Waals surface area contributed by atoms with E-state index >= 15 is 0 Å². The molecule has 7 nitrogen and oxygen atoms in total. The highest BCUT2D eigenvalue weighted by atomic mass is 35.5. The molecule has 40 heavy (non-hydrogen) atoms. The molecular weight excluding hydrogens is 569 g/mol. The molecule has 1 aliphatic heterocycles. The van der Waals surface area contributed by atoms with E-state index in [0.717, 1.165) is 39.0 Å². The van der Waals surface area contributed by atoms with Crippen molar-refractivity contribution in [2.75, 3.05) is 37.6 Å². The average Bonchev–Trinajstić information content (AvgIpc) is 3.42. The number of anilines is 1. The molecule has 10 heteroatoms. The Morgan fingerprint density at radius 2 is 1.80 bits per heavy atom. The van der Waals surface area contributed by atoms with Crippen LogP contribution in [0.4, 0.5) is 5.69 Å². The summed E-state index contributed by atoms with van der Waals surface area (Å²) in [6, 6.07) is 17.9. The van der Waals surface area contributed by atoms with E-state index in [1.807, 2.05) is 59.8 Å². The number of aliphatic hydroxyl groups excluding tert-OH is 1. The molecule has 1 saturated heterocycles. The number of carbonyl (C=O) groups excluding carboxylic acids is 1. The largest absolute Gasteiger partial charge is 0.392 e. The van der Waals surface area contributed by atoms with E-state index in [4.69, 9.17) is 11.6 Å². The Hall–Kier alpha value is -2.81. The molecular formula is C30H36Cl3N5O2. The summed E-state index contributed by atoms with van der Waals surface area (Å²) in [5, 5.41) is 14.8. The number of hydrogen-bond donors (Lipinski definition) is 3. The molecule has 2 aromatic carbocycles. The lowest BCUT2D eigenvalue weighted by Crippen LogP contribution is -2.51. The lowest BCUT2D eigenvalue weighted by molar-refractivity contribution is -0.133. The number of rotatable bonds is 8. The first-order valence-electron chi connectivity index (χ1n) is 13.1. The van der Waals surface area contributed by atoms with Crippen LogP contribution in [0, 0.1) is 0 Å². The lowest BCUT2D eigenvalue weighted by atomic mass is 9.96. The highest BCUT2D eigenvalue weighted by molar-refractivity contribution is 6.30. The maximum absolute atomic E-state index is 13.8. The van der Waals surface area contributed by atoms with Crippen LogP contribution in [0.2, 0.25) is 5.02 Å². The second-order valence-corrected chi connectivity index (χ2v) is 10.5. The molecule has 3 heterocycles.